The molecule has 0 heterocycles. The van der Waals surface area contributed by atoms with Crippen molar-refractivity contribution in [1.82, 2.24) is 0 Å². The van der Waals surface area contributed by atoms with Crippen LogP contribution in [0.1, 0.15) is 161 Å². The van der Waals surface area contributed by atoms with Crippen LogP contribution in [0.5, 0.6) is 0 Å². The van der Waals surface area contributed by atoms with Crippen molar-refractivity contribution in [2.24, 2.45) is 0 Å². The van der Waals surface area contributed by atoms with Gasteiger partial charge in [-0.05, 0) is 32.1 Å². The van der Waals surface area contributed by atoms with Crippen molar-refractivity contribution in [1.29, 1.82) is 0 Å². The van der Waals surface area contributed by atoms with Gasteiger partial charge in [0.15, 0.2) is 0 Å². The van der Waals surface area contributed by atoms with Crippen LogP contribution in [-0.4, -0.2) is 11.1 Å². The molecule has 1 N–H and O–H groups in total. The van der Waals surface area contributed by atoms with Crippen molar-refractivity contribution in [2.45, 2.75) is 161 Å². The number of carboxylic acid groups (broad SMARTS) is 1. The first kappa shape index (κ1) is 29.2. The molecule has 2 heteroatoms. The van der Waals surface area contributed by atoms with E-state index in [2.05, 4.69) is 19.1 Å². The van der Waals surface area contributed by atoms with Gasteiger partial charge in [-0.3, -0.25) is 4.79 Å². The topological polar surface area (TPSA) is 37.3 Å². The Hall–Kier alpha value is -0.790. The Labute approximate surface area is 189 Å². The summed E-state index contributed by atoms with van der Waals surface area (Å²) >= 11 is 0. The fourth-order valence-electron chi connectivity index (χ4n) is 4.11. The normalized spacial score (nSPS) is 11.5. The second-order valence-electron chi connectivity index (χ2n) is 9.26. The SMILES string of the molecule is CCCCCCCCCCCCCCCCCC=CCCCCCCCCC(=O)O. The summed E-state index contributed by atoms with van der Waals surface area (Å²) in [6, 6.07) is 0. The molecule has 0 saturated heterocycles. The molecule has 0 fully saturated rings. The van der Waals surface area contributed by atoms with Crippen LogP contribution in [-0.2, 0) is 4.79 Å². The number of carbonyl (C=O) groups is 1. The molecule has 2 nitrogen and oxygen atoms in total. The highest BCUT2D eigenvalue weighted by molar-refractivity contribution is 5.66. The Morgan fingerprint density at radius 1 is 0.500 bits per heavy atom. The first-order valence-electron chi connectivity index (χ1n) is 13.6. The van der Waals surface area contributed by atoms with Crippen molar-refractivity contribution in [3.8, 4) is 0 Å². The Morgan fingerprint density at radius 3 is 1.13 bits per heavy atom. The van der Waals surface area contributed by atoms with Crippen LogP contribution in [0.3, 0.4) is 0 Å². The lowest BCUT2D eigenvalue weighted by molar-refractivity contribution is -0.137. The van der Waals surface area contributed by atoms with E-state index in [1.165, 1.54) is 135 Å². The fraction of sp³-hybridized carbons (Fsp3) is 0.893. The van der Waals surface area contributed by atoms with Crippen LogP contribution in [0.15, 0.2) is 12.2 Å². The van der Waals surface area contributed by atoms with Gasteiger partial charge in [0.25, 0.3) is 0 Å². The molecule has 178 valence electrons. The lowest BCUT2D eigenvalue weighted by Crippen LogP contribution is -1.93. The van der Waals surface area contributed by atoms with Gasteiger partial charge in [-0.1, -0.05) is 135 Å². The summed E-state index contributed by atoms with van der Waals surface area (Å²) in [5, 5.41) is 8.59. The molecule has 0 unspecified atom stereocenters. The van der Waals surface area contributed by atoms with Gasteiger partial charge in [-0.2, -0.15) is 0 Å². The second kappa shape index (κ2) is 26.2. The van der Waals surface area contributed by atoms with Crippen LogP contribution >= 0.6 is 0 Å². The average Bonchev–Trinajstić information content (AvgIpc) is 2.73. The van der Waals surface area contributed by atoms with E-state index in [4.69, 9.17) is 5.11 Å². The van der Waals surface area contributed by atoms with Gasteiger partial charge in [-0.15, -0.1) is 0 Å². The van der Waals surface area contributed by atoms with Crippen LogP contribution in [0, 0.1) is 0 Å². The zero-order valence-electron chi connectivity index (χ0n) is 20.5. The van der Waals surface area contributed by atoms with E-state index in [1.54, 1.807) is 0 Å². The van der Waals surface area contributed by atoms with E-state index in [1.807, 2.05) is 0 Å². The van der Waals surface area contributed by atoms with Crippen molar-refractivity contribution in [3.63, 3.8) is 0 Å². The number of hydrogen-bond acceptors (Lipinski definition) is 1. The van der Waals surface area contributed by atoms with Gasteiger partial charge in [0, 0.05) is 6.42 Å². The third-order valence-corrected chi connectivity index (χ3v) is 6.15. The summed E-state index contributed by atoms with van der Waals surface area (Å²) in [7, 11) is 0. The summed E-state index contributed by atoms with van der Waals surface area (Å²) in [6.07, 6.45) is 36.0. The van der Waals surface area contributed by atoms with E-state index >= 15 is 0 Å². The lowest BCUT2D eigenvalue weighted by Gasteiger charge is -2.03. The van der Waals surface area contributed by atoms with Crippen LogP contribution in [0.2, 0.25) is 0 Å². The Kier molecular flexibility index (Phi) is 25.6. The summed E-state index contributed by atoms with van der Waals surface area (Å²) in [4.78, 5) is 10.4. The third-order valence-electron chi connectivity index (χ3n) is 6.15. The van der Waals surface area contributed by atoms with Crippen LogP contribution < -0.4 is 0 Å². The molecule has 0 radical (unpaired) electrons. The molecule has 30 heavy (non-hydrogen) atoms. The number of aliphatic carboxylic acids is 1. The van der Waals surface area contributed by atoms with Gasteiger partial charge in [0.1, 0.15) is 0 Å². The zero-order chi connectivity index (χ0) is 22.0. The van der Waals surface area contributed by atoms with Gasteiger partial charge in [0.2, 0.25) is 0 Å². The standard InChI is InChI=1S/C28H54O2/c1-2-3-4-5-6-7-8-9-10-11-12-13-14-15-16-17-18-19-20-21-22-23-24-25-26-27-28(29)30/h18-19H,2-17,20-27H2,1H3,(H,29,30). The Morgan fingerprint density at radius 2 is 0.800 bits per heavy atom. The first-order chi connectivity index (χ1) is 14.8. The molecule has 0 aromatic heterocycles. The third kappa shape index (κ3) is 27.2. The maximum atomic E-state index is 10.4. The number of hydrogen-bond donors (Lipinski definition) is 1. The van der Waals surface area contributed by atoms with E-state index in [0.29, 0.717) is 6.42 Å². The summed E-state index contributed by atoms with van der Waals surface area (Å²) in [5.74, 6) is -0.658. The van der Waals surface area contributed by atoms with Crippen molar-refractivity contribution >= 4 is 5.97 Å². The maximum absolute atomic E-state index is 10.4. The molecular weight excluding hydrogens is 368 g/mol. The number of unbranched alkanes of at least 4 members (excludes halogenated alkanes) is 21. The monoisotopic (exact) mass is 422 g/mol. The molecule has 0 aliphatic rings. The zero-order valence-corrected chi connectivity index (χ0v) is 20.5. The van der Waals surface area contributed by atoms with Crippen molar-refractivity contribution < 1.29 is 9.90 Å². The molecule has 0 aliphatic heterocycles. The molecule has 0 bridgehead atoms. The number of rotatable bonds is 25. The smallest absolute Gasteiger partial charge is 0.303 e. The molecule has 0 aliphatic carbocycles. The minimum atomic E-state index is -0.658. The number of allylic oxidation sites excluding steroid dienone is 2. The first-order valence-corrected chi connectivity index (χ1v) is 13.6. The Bertz CT molecular complexity index is 362. The van der Waals surface area contributed by atoms with Crippen molar-refractivity contribution in [2.75, 3.05) is 0 Å². The predicted molar refractivity (Wildman–Crippen MR) is 133 cm³/mol. The minimum absolute atomic E-state index is 0.335. The van der Waals surface area contributed by atoms with E-state index in [9.17, 15) is 4.79 Å². The van der Waals surface area contributed by atoms with Gasteiger partial charge < -0.3 is 5.11 Å². The predicted octanol–water partition coefficient (Wildman–Crippen LogP) is 10.0. The molecular formula is C28H54O2. The molecule has 0 aromatic rings. The van der Waals surface area contributed by atoms with Crippen molar-refractivity contribution in [3.05, 3.63) is 12.2 Å². The molecule has 0 rings (SSSR count). The van der Waals surface area contributed by atoms with Crippen LogP contribution in [0.4, 0.5) is 0 Å². The van der Waals surface area contributed by atoms with Crippen LogP contribution in [0.25, 0.3) is 0 Å². The molecule has 0 aromatic carbocycles. The van der Waals surface area contributed by atoms with Gasteiger partial charge in [0.05, 0.1) is 0 Å². The van der Waals surface area contributed by atoms with E-state index in [0.717, 1.165) is 12.8 Å². The highest BCUT2D eigenvalue weighted by atomic mass is 16.4. The van der Waals surface area contributed by atoms with Gasteiger partial charge in [-0.25, -0.2) is 0 Å². The highest BCUT2D eigenvalue weighted by Gasteiger charge is 1.96. The molecule has 0 spiro atoms. The highest BCUT2D eigenvalue weighted by Crippen LogP contribution is 2.14. The summed E-state index contributed by atoms with van der Waals surface area (Å²) in [6.45, 7) is 2.29. The van der Waals surface area contributed by atoms with Gasteiger partial charge >= 0.3 is 5.97 Å². The Balaban J connectivity index is 3.07. The lowest BCUT2D eigenvalue weighted by atomic mass is 10.0. The second-order valence-corrected chi connectivity index (χ2v) is 9.26. The fourth-order valence-corrected chi connectivity index (χ4v) is 4.11. The molecule has 0 atom stereocenters. The summed E-state index contributed by atoms with van der Waals surface area (Å²) in [5.41, 5.74) is 0. The molecule has 0 amide bonds. The minimum Gasteiger partial charge on any atom is -0.481 e. The van der Waals surface area contributed by atoms with E-state index in [-0.39, 0.29) is 0 Å². The molecule has 0 saturated carbocycles. The largest absolute Gasteiger partial charge is 0.481 e. The van der Waals surface area contributed by atoms with E-state index < -0.39 is 5.97 Å². The maximum Gasteiger partial charge on any atom is 0.303 e. The quantitative estimate of drug-likeness (QED) is 0.117. The summed E-state index contributed by atoms with van der Waals surface area (Å²) < 4.78 is 0. The average molecular weight is 423 g/mol. The number of carboxylic acids is 1.